The van der Waals surface area contributed by atoms with Gasteiger partial charge in [-0.05, 0) is 57.2 Å². The summed E-state index contributed by atoms with van der Waals surface area (Å²) < 4.78 is 0. The van der Waals surface area contributed by atoms with Crippen molar-refractivity contribution in [3.63, 3.8) is 0 Å². The number of likely N-dealkylation sites (tertiary alicyclic amines) is 1. The second-order valence-electron chi connectivity index (χ2n) is 7.72. The van der Waals surface area contributed by atoms with E-state index < -0.39 is 0 Å². The Morgan fingerprint density at radius 3 is 2.07 bits per heavy atom. The molecule has 0 radical (unpaired) electrons. The molecule has 2 aromatic carbocycles. The van der Waals surface area contributed by atoms with Gasteiger partial charge in [0.25, 0.3) is 0 Å². The Balaban J connectivity index is 1.62. The van der Waals surface area contributed by atoms with Crippen LogP contribution in [-0.2, 0) is 0 Å². The van der Waals surface area contributed by atoms with Crippen LogP contribution in [0.5, 0.6) is 0 Å². The topological polar surface area (TPSA) is 73.6 Å². The van der Waals surface area contributed by atoms with Gasteiger partial charge in [-0.1, -0.05) is 36.4 Å². The van der Waals surface area contributed by atoms with E-state index in [0.29, 0.717) is 17.5 Å². The lowest BCUT2D eigenvalue weighted by Gasteiger charge is -2.36. The maximum absolute atomic E-state index is 6.56. The van der Waals surface area contributed by atoms with Crippen molar-refractivity contribution in [3.8, 4) is 0 Å². The first-order valence-electron chi connectivity index (χ1n) is 10.3. The molecule has 0 atom stereocenters. The van der Waals surface area contributed by atoms with Gasteiger partial charge < -0.3 is 15.5 Å². The molecule has 1 aliphatic rings. The van der Waals surface area contributed by atoms with Gasteiger partial charge in [-0.15, -0.1) is 0 Å². The predicted octanol–water partition coefficient (Wildman–Crippen LogP) is 3.75. The van der Waals surface area contributed by atoms with Crippen LogP contribution in [0.4, 0.5) is 28.7 Å². The van der Waals surface area contributed by atoms with Gasteiger partial charge in [0.2, 0.25) is 0 Å². The first-order chi connectivity index (χ1) is 14.6. The summed E-state index contributed by atoms with van der Waals surface area (Å²) in [6.07, 6.45) is 3.77. The van der Waals surface area contributed by atoms with Crippen molar-refractivity contribution < 1.29 is 0 Å². The number of benzene rings is 2. The highest BCUT2D eigenvalue weighted by Crippen LogP contribution is 2.32. The summed E-state index contributed by atoms with van der Waals surface area (Å²) in [7, 11) is 4.24. The average Bonchev–Trinajstić information content (AvgIpc) is 2.79. The monoisotopic (exact) mass is 403 g/mol. The maximum atomic E-state index is 6.56. The number of nitrogen functional groups attached to an aromatic ring is 1. The van der Waals surface area contributed by atoms with Crippen LogP contribution in [0.2, 0.25) is 0 Å². The predicted molar refractivity (Wildman–Crippen MR) is 124 cm³/mol. The zero-order chi connectivity index (χ0) is 20.9. The molecule has 3 aromatic rings. The number of rotatable bonds is 6. The SMILES string of the molecule is CN1CCC(N(C)c2ncnc(NN(c3ccccc3)c3ccccc3)c2N)CC1. The van der Waals surface area contributed by atoms with E-state index in [0.717, 1.165) is 43.1 Å². The molecule has 4 rings (SSSR count). The molecule has 1 aliphatic heterocycles. The molecule has 30 heavy (non-hydrogen) atoms. The van der Waals surface area contributed by atoms with Crippen molar-refractivity contribution in [1.29, 1.82) is 0 Å². The number of hydrogen-bond acceptors (Lipinski definition) is 7. The fraction of sp³-hybridized carbons (Fsp3) is 0.304. The standard InChI is InChI=1S/C23H29N7/c1-28-15-13-18(14-16-28)29(2)23-21(24)22(25-17-26-23)27-30(19-9-5-3-6-10-19)20-11-7-4-8-12-20/h3-12,17-18H,13-16,24H2,1-2H3,(H,25,26,27). The van der Waals surface area contributed by atoms with Crippen molar-refractivity contribution in [3.05, 3.63) is 67.0 Å². The summed E-state index contributed by atoms with van der Waals surface area (Å²) in [4.78, 5) is 13.5. The molecule has 1 fully saturated rings. The molecule has 0 spiro atoms. The Bertz CT molecular complexity index is 901. The van der Waals surface area contributed by atoms with Crippen molar-refractivity contribution in [1.82, 2.24) is 14.9 Å². The highest BCUT2D eigenvalue weighted by atomic mass is 15.5. The Kier molecular flexibility index (Phi) is 5.99. The molecule has 1 aromatic heterocycles. The van der Waals surface area contributed by atoms with Crippen LogP contribution < -0.4 is 21.1 Å². The van der Waals surface area contributed by atoms with Crippen LogP contribution in [-0.4, -0.2) is 48.1 Å². The Labute approximate surface area is 178 Å². The van der Waals surface area contributed by atoms with E-state index in [4.69, 9.17) is 5.73 Å². The van der Waals surface area contributed by atoms with Crippen LogP contribution in [0, 0.1) is 0 Å². The second-order valence-corrected chi connectivity index (χ2v) is 7.72. The molecule has 7 heteroatoms. The summed E-state index contributed by atoms with van der Waals surface area (Å²) in [5.74, 6) is 1.36. The molecule has 0 aliphatic carbocycles. The van der Waals surface area contributed by atoms with Gasteiger partial charge in [0.1, 0.15) is 12.0 Å². The van der Waals surface area contributed by atoms with Crippen LogP contribution in [0.3, 0.4) is 0 Å². The molecule has 0 saturated carbocycles. The lowest BCUT2D eigenvalue weighted by Crippen LogP contribution is -2.42. The van der Waals surface area contributed by atoms with Gasteiger partial charge in [-0.25, -0.2) is 9.97 Å². The van der Waals surface area contributed by atoms with Crippen LogP contribution in [0.25, 0.3) is 0 Å². The van der Waals surface area contributed by atoms with E-state index in [2.05, 4.69) is 39.3 Å². The molecule has 7 nitrogen and oxygen atoms in total. The molecule has 0 amide bonds. The summed E-state index contributed by atoms with van der Waals surface area (Å²) in [6, 6.07) is 20.6. The Hall–Kier alpha value is -3.32. The lowest BCUT2D eigenvalue weighted by atomic mass is 10.0. The second kappa shape index (κ2) is 9.00. The fourth-order valence-electron chi connectivity index (χ4n) is 3.85. The van der Waals surface area contributed by atoms with Crippen LogP contribution in [0.15, 0.2) is 67.0 Å². The number of para-hydroxylation sites is 2. The minimum absolute atomic E-state index is 0.422. The minimum atomic E-state index is 0.422. The van der Waals surface area contributed by atoms with Crippen LogP contribution in [0.1, 0.15) is 12.8 Å². The molecular formula is C23H29N7. The van der Waals surface area contributed by atoms with E-state index in [9.17, 15) is 0 Å². The van der Waals surface area contributed by atoms with Crippen LogP contribution >= 0.6 is 0 Å². The summed E-state index contributed by atoms with van der Waals surface area (Å²) in [5.41, 5.74) is 12.5. The smallest absolute Gasteiger partial charge is 0.173 e. The number of nitrogens with two attached hydrogens (primary N) is 1. The van der Waals surface area contributed by atoms with E-state index in [1.807, 2.05) is 65.7 Å². The van der Waals surface area contributed by atoms with Gasteiger partial charge in [-0.2, -0.15) is 0 Å². The van der Waals surface area contributed by atoms with Gasteiger partial charge in [-0.3, -0.25) is 10.4 Å². The van der Waals surface area contributed by atoms with E-state index in [1.165, 1.54) is 0 Å². The third-order valence-electron chi connectivity index (χ3n) is 5.68. The van der Waals surface area contributed by atoms with Crippen molar-refractivity contribution in [2.45, 2.75) is 18.9 Å². The molecule has 0 bridgehead atoms. The first kappa shape index (κ1) is 20.0. The summed E-state index contributed by atoms with van der Waals surface area (Å²) >= 11 is 0. The van der Waals surface area contributed by atoms with Gasteiger partial charge >= 0.3 is 0 Å². The van der Waals surface area contributed by atoms with Gasteiger partial charge in [0.05, 0.1) is 11.4 Å². The third-order valence-corrected chi connectivity index (χ3v) is 5.68. The summed E-state index contributed by atoms with van der Waals surface area (Å²) in [6.45, 7) is 2.17. The van der Waals surface area contributed by atoms with Crippen molar-refractivity contribution in [2.75, 3.05) is 48.3 Å². The number of nitrogens with one attached hydrogen (secondary N) is 1. The number of anilines is 5. The lowest BCUT2D eigenvalue weighted by molar-refractivity contribution is 0.252. The number of aromatic nitrogens is 2. The molecule has 156 valence electrons. The molecule has 3 N–H and O–H groups in total. The maximum Gasteiger partial charge on any atom is 0.173 e. The normalized spacial score (nSPS) is 15.0. The summed E-state index contributed by atoms with van der Waals surface area (Å²) in [5, 5.41) is 1.98. The fourth-order valence-corrected chi connectivity index (χ4v) is 3.85. The van der Waals surface area contributed by atoms with Crippen molar-refractivity contribution >= 4 is 28.7 Å². The first-order valence-corrected chi connectivity index (χ1v) is 10.3. The van der Waals surface area contributed by atoms with E-state index >= 15 is 0 Å². The highest BCUT2D eigenvalue weighted by molar-refractivity contribution is 5.78. The largest absolute Gasteiger partial charge is 0.393 e. The van der Waals surface area contributed by atoms with Gasteiger partial charge in [0, 0.05) is 13.1 Å². The molecule has 1 saturated heterocycles. The minimum Gasteiger partial charge on any atom is -0.393 e. The van der Waals surface area contributed by atoms with E-state index in [1.54, 1.807) is 6.33 Å². The molecule has 0 unspecified atom stereocenters. The third kappa shape index (κ3) is 4.31. The highest BCUT2D eigenvalue weighted by Gasteiger charge is 2.24. The van der Waals surface area contributed by atoms with E-state index in [-0.39, 0.29) is 0 Å². The van der Waals surface area contributed by atoms with Crippen molar-refractivity contribution in [2.24, 2.45) is 0 Å². The molecule has 2 heterocycles. The van der Waals surface area contributed by atoms with Gasteiger partial charge in [0.15, 0.2) is 11.6 Å². The molecular weight excluding hydrogens is 374 g/mol. The average molecular weight is 404 g/mol. The number of piperidine rings is 1. The Morgan fingerprint density at radius 1 is 0.933 bits per heavy atom. The zero-order valence-corrected chi connectivity index (χ0v) is 17.6. The number of hydrogen-bond donors (Lipinski definition) is 2. The number of hydrazine groups is 1. The Morgan fingerprint density at radius 2 is 1.50 bits per heavy atom. The quantitative estimate of drug-likeness (QED) is 0.607. The number of nitrogens with zero attached hydrogens (tertiary/aromatic N) is 5. The zero-order valence-electron chi connectivity index (χ0n) is 17.6.